The fourth-order valence-electron chi connectivity index (χ4n) is 1.50. The second-order valence-electron chi connectivity index (χ2n) is 4.60. The highest BCUT2D eigenvalue weighted by Crippen LogP contribution is 2.08. The van der Waals surface area contributed by atoms with Crippen LogP contribution in [0.1, 0.15) is 71.6 Å². The van der Waals surface area contributed by atoms with Gasteiger partial charge in [0.05, 0.1) is 12.5 Å². The van der Waals surface area contributed by atoms with Gasteiger partial charge < -0.3 is 15.3 Å². The van der Waals surface area contributed by atoms with Crippen LogP contribution in [0.5, 0.6) is 0 Å². The lowest BCUT2D eigenvalue weighted by Gasteiger charge is -2.06. The van der Waals surface area contributed by atoms with Gasteiger partial charge in [-0.25, -0.2) is 0 Å². The largest absolute Gasteiger partial charge is 0.481 e. The Kier molecular flexibility index (Phi) is 15.9. The van der Waals surface area contributed by atoms with Crippen molar-refractivity contribution in [2.24, 2.45) is 0 Å². The molecule has 5 nitrogen and oxygen atoms in total. The number of aliphatic carboxylic acids is 2. The maximum atomic E-state index is 10.2. The third kappa shape index (κ3) is 22.5. The highest BCUT2D eigenvalue weighted by Gasteiger charge is 2.08. The SMILES string of the molecule is CCCC(=O)O.CCCCCCCC(O)CC(=O)O. The molecule has 0 radical (unpaired) electrons. The van der Waals surface area contributed by atoms with Gasteiger partial charge in [0, 0.05) is 6.42 Å². The molecule has 0 spiro atoms. The van der Waals surface area contributed by atoms with Gasteiger partial charge in [0.25, 0.3) is 0 Å². The molecule has 19 heavy (non-hydrogen) atoms. The molecule has 5 heteroatoms. The second-order valence-corrected chi connectivity index (χ2v) is 4.60. The molecule has 0 bridgehead atoms. The van der Waals surface area contributed by atoms with E-state index in [4.69, 9.17) is 10.2 Å². The Morgan fingerprint density at radius 3 is 1.84 bits per heavy atom. The minimum absolute atomic E-state index is 0.117. The van der Waals surface area contributed by atoms with E-state index in [2.05, 4.69) is 6.92 Å². The van der Waals surface area contributed by atoms with Crippen LogP contribution in [-0.2, 0) is 9.59 Å². The number of aliphatic hydroxyl groups is 1. The Hall–Kier alpha value is -1.10. The lowest BCUT2D eigenvalue weighted by atomic mass is 10.1. The zero-order chi connectivity index (χ0) is 15.1. The highest BCUT2D eigenvalue weighted by atomic mass is 16.4. The van der Waals surface area contributed by atoms with Crippen molar-refractivity contribution in [3.8, 4) is 0 Å². The van der Waals surface area contributed by atoms with Gasteiger partial charge in [-0.3, -0.25) is 9.59 Å². The van der Waals surface area contributed by atoms with Crippen LogP contribution in [0.25, 0.3) is 0 Å². The maximum absolute atomic E-state index is 10.2. The summed E-state index contributed by atoms with van der Waals surface area (Å²) in [4.78, 5) is 19.8. The third-order valence-electron chi connectivity index (χ3n) is 2.52. The molecule has 0 aliphatic carbocycles. The number of hydrogen-bond donors (Lipinski definition) is 3. The number of hydrogen-bond acceptors (Lipinski definition) is 3. The van der Waals surface area contributed by atoms with Gasteiger partial charge in [-0.05, 0) is 12.8 Å². The first-order chi connectivity index (χ1) is 8.93. The molecule has 0 aromatic carbocycles. The normalized spacial score (nSPS) is 11.3. The Morgan fingerprint density at radius 2 is 1.47 bits per heavy atom. The average Bonchev–Trinajstić information content (AvgIpc) is 2.28. The van der Waals surface area contributed by atoms with E-state index in [0.717, 1.165) is 19.3 Å². The summed E-state index contributed by atoms with van der Waals surface area (Å²) in [5.41, 5.74) is 0. The van der Waals surface area contributed by atoms with E-state index < -0.39 is 18.0 Å². The van der Waals surface area contributed by atoms with E-state index in [0.29, 0.717) is 12.8 Å². The summed E-state index contributed by atoms with van der Waals surface area (Å²) in [5, 5.41) is 25.5. The third-order valence-corrected chi connectivity index (χ3v) is 2.52. The van der Waals surface area contributed by atoms with Gasteiger partial charge in [-0.1, -0.05) is 46.0 Å². The second kappa shape index (κ2) is 15.0. The van der Waals surface area contributed by atoms with E-state index in [1.807, 2.05) is 6.92 Å². The summed E-state index contributed by atoms with van der Waals surface area (Å²) < 4.78 is 0. The van der Waals surface area contributed by atoms with E-state index in [-0.39, 0.29) is 6.42 Å². The number of carboxylic acid groups (broad SMARTS) is 2. The van der Waals surface area contributed by atoms with Crippen molar-refractivity contribution < 1.29 is 24.9 Å². The van der Waals surface area contributed by atoms with Crippen LogP contribution >= 0.6 is 0 Å². The Balaban J connectivity index is 0. The first-order valence-corrected chi connectivity index (χ1v) is 7.05. The summed E-state index contributed by atoms with van der Waals surface area (Å²) in [6, 6.07) is 0. The quantitative estimate of drug-likeness (QED) is 0.533. The first-order valence-electron chi connectivity index (χ1n) is 7.05. The molecule has 0 aromatic heterocycles. The predicted molar refractivity (Wildman–Crippen MR) is 74.2 cm³/mol. The minimum Gasteiger partial charge on any atom is -0.481 e. The average molecular weight is 276 g/mol. The van der Waals surface area contributed by atoms with Crippen molar-refractivity contribution >= 4 is 11.9 Å². The molecule has 0 fully saturated rings. The fraction of sp³-hybridized carbons (Fsp3) is 0.857. The predicted octanol–water partition coefficient (Wildman–Crippen LogP) is 3.05. The van der Waals surface area contributed by atoms with Gasteiger partial charge in [0.1, 0.15) is 0 Å². The summed E-state index contributed by atoms with van der Waals surface area (Å²) in [6.07, 6.45) is 6.54. The summed E-state index contributed by atoms with van der Waals surface area (Å²) >= 11 is 0. The maximum Gasteiger partial charge on any atom is 0.305 e. The molecule has 0 aromatic rings. The topological polar surface area (TPSA) is 94.8 Å². The molecule has 0 aliphatic heterocycles. The van der Waals surface area contributed by atoms with Gasteiger partial charge in [0.15, 0.2) is 0 Å². The van der Waals surface area contributed by atoms with Crippen LogP contribution in [0.15, 0.2) is 0 Å². The van der Waals surface area contributed by atoms with Crippen molar-refractivity contribution in [3.05, 3.63) is 0 Å². The number of carbonyl (C=O) groups is 2. The molecule has 0 saturated heterocycles. The van der Waals surface area contributed by atoms with E-state index in [9.17, 15) is 14.7 Å². The van der Waals surface area contributed by atoms with Crippen molar-refractivity contribution in [3.63, 3.8) is 0 Å². The van der Waals surface area contributed by atoms with Gasteiger partial charge >= 0.3 is 11.9 Å². The minimum atomic E-state index is -0.916. The van der Waals surface area contributed by atoms with E-state index in [1.165, 1.54) is 19.3 Å². The molecule has 114 valence electrons. The van der Waals surface area contributed by atoms with Gasteiger partial charge in [-0.2, -0.15) is 0 Å². The Morgan fingerprint density at radius 1 is 0.895 bits per heavy atom. The smallest absolute Gasteiger partial charge is 0.305 e. The number of rotatable bonds is 10. The number of unbranched alkanes of at least 4 members (excludes halogenated alkanes) is 4. The molecule has 0 saturated carbocycles. The van der Waals surface area contributed by atoms with Crippen LogP contribution in [0.2, 0.25) is 0 Å². The highest BCUT2D eigenvalue weighted by molar-refractivity contribution is 5.67. The first kappa shape index (κ1) is 20.2. The molecule has 0 heterocycles. The fourth-order valence-corrected chi connectivity index (χ4v) is 1.50. The van der Waals surface area contributed by atoms with Crippen molar-refractivity contribution in [1.82, 2.24) is 0 Å². The van der Waals surface area contributed by atoms with Crippen LogP contribution in [0.3, 0.4) is 0 Å². The zero-order valence-electron chi connectivity index (χ0n) is 12.1. The van der Waals surface area contributed by atoms with Gasteiger partial charge in [-0.15, -0.1) is 0 Å². The lowest BCUT2D eigenvalue weighted by Crippen LogP contribution is -2.12. The summed E-state index contributed by atoms with van der Waals surface area (Å²) in [7, 11) is 0. The van der Waals surface area contributed by atoms with Crippen molar-refractivity contribution in [1.29, 1.82) is 0 Å². The van der Waals surface area contributed by atoms with Crippen LogP contribution < -0.4 is 0 Å². The van der Waals surface area contributed by atoms with Crippen LogP contribution in [0, 0.1) is 0 Å². The molecular weight excluding hydrogens is 248 g/mol. The Labute approximate surface area is 115 Å². The molecule has 1 atom stereocenters. The van der Waals surface area contributed by atoms with Crippen LogP contribution in [-0.4, -0.2) is 33.4 Å². The number of aliphatic hydroxyl groups excluding tert-OH is 1. The molecule has 0 amide bonds. The molecule has 1 unspecified atom stereocenters. The molecule has 0 aliphatic rings. The molecule has 3 N–H and O–H groups in total. The summed E-state index contributed by atoms with van der Waals surface area (Å²) in [6.45, 7) is 3.99. The van der Waals surface area contributed by atoms with Gasteiger partial charge in [0.2, 0.25) is 0 Å². The lowest BCUT2D eigenvalue weighted by molar-refractivity contribution is -0.139. The monoisotopic (exact) mass is 276 g/mol. The van der Waals surface area contributed by atoms with E-state index >= 15 is 0 Å². The summed E-state index contributed by atoms with van der Waals surface area (Å²) in [5.74, 6) is -1.63. The molecule has 0 rings (SSSR count). The van der Waals surface area contributed by atoms with Crippen molar-refractivity contribution in [2.45, 2.75) is 77.7 Å². The van der Waals surface area contributed by atoms with E-state index in [1.54, 1.807) is 0 Å². The number of carboxylic acids is 2. The zero-order valence-corrected chi connectivity index (χ0v) is 12.1. The Bertz CT molecular complexity index is 228. The molecular formula is C14H28O5. The van der Waals surface area contributed by atoms with Crippen molar-refractivity contribution in [2.75, 3.05) is 0 Å². The standard InChI is InChI=1S/C10H20O3.C4H8O2/c1-2-3-4-5-6-7-9(11)8-10(12)13;1-2-3-4(5)6/h9,11H,2-8H2,1H3,(H,12,13);2-3H2,1H3,(H,5,6). The van der Waals surface area contributed by atoms with Crippen LogP contribution in [0.4, 0.5) is 0 Å².